The molecule has 0 amide bonds. The van der Waals surface area contributed by atoms with Crippen molar-refractivity contribution in [3.8, 4) is 0 Å². The number of hydrogen-bond acceptors (Lipinski definition) is 2. The van der Waals surface area contributed by atoms with Crippen molar-refractivity contribution in [2.24, 2.45) is 5.92 Å². The molecule has 0 radical (unpaired) electrons. The first-order chi connectivity index (χ1) is 5.62. The van der Waals surface area contributed by atoms with E-state index in [1.807, 2.05) is 13.0 Å². The predicted molar refractivity (Wildman–Crippen MR) is 48.0 cm³/mol. The minimum Gasteiger partial charge on any atom is -0.374 e. The lowest BCUT2D eigenvalue weighted by atomic mass is 9.79. The molecule has 2 atom stereocenters. The highest BCUT2D eigenvalue weighted by atomic mass is 16.5. The topological polar surface area (TPSA) is 26.3 Å². The monoisotopic (exact) mass is 168 g/mol. The average molecular weight is 168 g/mol. The smallest absolute Gasteiger partial charge is 0.155 e. The third-order valence-corrected chi connectivity index (χ3v) is 2.79. The average Bonchev–Trinajstić information content (AvgIpc) is 2.09. The maximum Gasteiger partial charge on any atom is 0.155 e. The van der Waals surface area contributed by atoms with Gasteiger partial charge >= 0.3 is 0 Å². The van der Waals surface area contributed by atoms with Crippen LogP contribution in [0.3, 0.4) is 0 Å². The molecule has 1 aliphatic rings. The van der Waals surface area contributed by atoms with Crippen LogP contribution in [-0.4, -0.2) is 18.5 Å². The molecule has 0 bridgehead atoms. The molecule has 1 rings (SSSR count). The lowest BCUT2D eigenvalue weighted by molar-refractivity contribution is -0.119. The van der Waals surface area contributed by atoms with Gasteiger partial charge in [0.2, 0.25) is 0 Å². The fourth-order valence-corrected chi connectivity index (χ4v) is 1.69. The van der Waals surface area contributed by atoms with Gasteiger partial charge in [-0.05, 0) is 31.4 Å². The highest BCUT2D eigenvalue weighted by Crippen LogP contribution is 2.32. The summed E-state index contributed by atoms with van der Waals surface area (Å²) in [6.45, 7) is 4.12. The van der Waals surface area contributed by atoms with Gasteiger partial charge in [0.1, 0.15) is 0 Å². The molecule has 0 aromatic carbocycles. The van der Waals surface area contributed by atoms with Crippen LogP contribution in [0, 0.1) is 5.92 Å². The maximum absolute atomic E-state index is 11.1. The van der Waals surface area contributed by atoms with Crippen LogP contribution in [0.15, 0.2) is 12.2 Å². The van der Waals surface area contributed by atoms with E-state index in [1.165, 1.54) is 0 Å². The predicted octanol–water partition coefficient (Wildman–Crippen LogP) is 1.95. The largest absolute Gasteiger partial charge is 0.374 e. The number of carbonyl (C=O) groups is 1. The minimum absolute atomic E-state index is 0.219. The summed E-state index contributed by atoms with van der Waals surface area (Å²) in [5.41, 5.74) is -0.233. The number of rotatable bonds is 2. The third-order valence-electron chi connectivity index (χ3n) is 2.79. The van der Waals surface area contributed by atoms with Gasteiger partial charge in [0.25, 0.3) is 0 Å². The zero-order valence-electron chi connectivity index (χ0n) is 7.96. The van der Waals surface area contributed by atoms with Crippen molar-refractivity contribution in [3.63, 3.8) is 0 Å². The number of hydrogen-bond donors (Lipinski definition) is 0. The number of allylic oxidation sites excluding steroid dienone is 1. The minimum atomic E-state index is -0.233. The first-order valence-electron chi connectivity index (χ1n) is 4.39. The Labute approximate surface area is 73.6 Å². The molecule has 1 aliphatic carbocycles. The Kier molecular flexibility index (Phi) is 2.68. The molecule has 0 N–H and O–H groups in total. The van der Waals surface area contributed by atoms with E-state index < -0.39 is 0 Å². The lowest BCUT2D eigenvalue weighted by Crippen LogP contribution is -2.38. The second-order valence-electron chi connectivity index (χ2n) is 3.50. The van der Waals surface area contributed by atoms with Crippen LogP contribution < -0.4 is 0 Å². The maximum atomic E-state index is 11.1. The van der Waals surface area contributed by atoms with Crippen LogP contribution in [0.25, 0.3) is 0 Å². The first kappa shape index (κ1) is 9.46. The van der Waals surface area contributed by atoms with E-state index in [2.05, 4.69) is 6.92 Å². The van der Waals surface area contributed by atoms with Crippen molar-refractivity contribution in [2.45, 2.75) is 32.3 Å². The lowest BCUT2D eigenvalue weighted by Gasteiger charge is -2.35. The van der Waals surface area contributed by atoms with Crippen LogP contribution in [0.5, 0.6) is 0 Å². The van der Waals surface area contributed by atoms with Crippen LogP contribution in [0.4, 0.5) is 0 Å². The van der Waals surface area contributed by atoms with Crippen molar-refractivity contribution in [1.82, 2.24) is 0 Å². The summed E-state index contributed by atoms with van der Waals surface area (Å²) in [7, 11) is 1.70. The van der Waals surface area contributed by atoms with Gasteiger partial charge in [-0.2, -0.15) is 0 Å². The summed E-state index contributed by atoms with van der Waals surface area (Å²) in [5, 5.41) is 0. The summed E-state index contributed by atoms with van der Waals surface area (Å²) >= 11 is 0. The standard InChI is InChI=1S/C10H16O2/c1-4-8-7-9(11)5-6-10(8,2)12-3/h5-6,8H,4,7H2,1-3H3/t8-,10+/m1/s1. The first-order valence-corrected chi connectivity index (χ1v) is 4.39. The van der Waals surface area contributed by atoms with E-state index >= 15 is 0 Å². The van der Waals surface area contributed by atoms with Crippen molar-refractivity contribution >= 4 is 5.78 Å². The summed E-state index contributed by atoms with van der Waals surface area (Å²) in [6, 6.07) is 0. The molecule has 0 saturated heterocycles. The quantitative estimate of drug-likeness (QED) is 0.630. The Morgan fingerprint density at radius 2 is 2.42 bits per heavy atom. The Hall–Kier alpha value is -0.630. The Morgan fingerprint density at radius 3 is 2.92 bits per heavy atom. The van der Waals surface area contributed by atoms with Gasteiger partial charge in [-0.25, -0.2) is 0 Å². The van der Waals surface area contributed by atoms with E-state index in [0.717, 1.165) is 6.42 Å². The van der Waals surface area contributed by atoms with Gasteiger partial charge in [0, 0.05) is 13.5 Å². The van der Waals surface area contributed by atoms with E-state index in [1.54, 1.807) is 13.2 Å². The molecule has 12 heavy (non-hydrogen) atoms. The summed E-state index contributed by atoms with van der Waals surface area (Å²) in [6.07, 6.45) is 5.13. The van der Waals surface area contributed by atoms with Crippen LogP contribution in [0.2, 0.25) is 0 Å². The molecule has 2 nitrogen and oxygen atoms in total. The zero-order valence-corrected chi connectivity index (χ0v) is 7.96. The van der Waals surface area contributed by atoms with Gasteiger partial charge in [-0.1, -0.05) is 6.92 Å². The SMILES string of the molecule is CC[C@@H]1CC(=O)C=C[C@]1(C)OC. The van der Waals surface area contributed by atoms with Gasteiger partial charge in [0.05, 0.1) is 5.60 Å². The number of ketones is 1. The molecular weight excluding hydrogens is 152 g/mol. The number of methoxy groups -OCH3 is 1. The van der Waals surface area contributed by atoms with E-state index in [9.17, 15) is 4.79 Å². The van der Waals surface area contributed by atoms with E-state index in [0.29, 0.717) is 12.3 Å². The second-order valence-corrected chi connectivity index (χ2v) is 3.50. The molecule has 2 heteroatoms. The number of carbonyl (C=O) groups excluding carboxylic acids is 1. The molecule has 0 aromatic rings. The zero-order chi connectivity index (χ0) is 9.19. The summed E-state index contributed by atoms with van der Waals surface area (Å²) in [4.78, 5) is 11.1. The molecule has 0 aliphatic heterocycles. The molecule has 0 aromatic heterocycles. The molecule has 0 fully saturated rings. The molecular formula is C10H16O2. The van der Waals surface area contributed by atoms with Crippen molar-refractivity contribution in [2.75, 3.05) is 7.11 Å². The van der Waals surface area contributed by atoms with E-state index in [-0.39, 0.29) is 11.4 Å². The highest BCUT2D eigenvalue weighted by molar-refractivity contribution is 5.91. The number of ether oxygens (including phenoxy) is 1. The molecule has 0 heterocycles. The molecule has 0 unspecified atom stereocenters. The molecule has 68 valence electrons. The molecule has 0 saturated carbocycles. The second kappa shape index (κ2) is 3.40. The Bertz CT molecular complexity index is 208. The fourth-order valence-electron chi connectivity index (χ4n) is 1.69. The Balaban J connectivity index is 2.84. The molecule has 0 spiro atoms. The fraction of sp³-hybridized carbons (Fsp3) is 0.700. The van der Waals surface area contributed by atoms with E-state index in [4.69, 9.17) is 4.74 Å². The summed E-state index contributed by atoms with van der Waals surface area (Å²) < 4.78 is 5.39. The Morgan fingerprint density at radius 1 is 1.75 bits per heavy atom. The van der Waals surface area contributed by atoms with Gasteiger partial charge < -0.3 is 4.74 Å². The van der Waals surface area contributed by atoms with Crippen LogP contribution >= 0.6 is 0 Å². The van der Waals surface area contributed by atoms with Crippen LogP contribution in [-0.2, 0) is 9.53 Å². The third kappa shape index (κ3) is 1.58. The van der Waals surface area contributed by atoms with Gasteiger partial charge in [0.15, 0.2) is 5.78 Å². The van der Waals surface area contributed by atoms with Gasteiger partial charge in [-0.3, -0.25) is 4.79 Å². The highest BCUT2D eigenvalue weighted by Gasteiger charge is 2.34. The normalized spacial score (nSPS) is 35.6. The summed E-state index contributed by atoms with van der Waals surface area (Å²) in [5.74, 6) is 0.552. The van der Waals surface area contributed by atoms with Gasteiger partial charge in [-0.15, -0.1) is 0 Å². The van der Waals surface area contributed by atoms with Crippen molar-refractivity contribution < 1.29 is 9.53 Å². The van der Waals surface area contributed by atoms with Crippen LogP contribution in [0.1, 0.15) is 26.7 Å². The van der Waals surface area contributed by atoms with Crippen molar-refractivity contribution in [3.05, 3.63) is 12.2 Å². The van der Waals surface area contributed by atoms with Crippen molar-refractivity contribution in [1.29, 1.82) is 0 Å².